The number of rotatable bonds is 4. The molecule has 1 aromatic heterocycles. The topological polar surface area (TPSA) is 48.1 Å². The van der Waals surface area contributed by atoms with Crippen molar-refractivity contribution in [1.29, 1.82) is 0 Å². The molecular formula is C30H19BrN2O2. The fourth-order valence-corrected chi connectivity index (χ4v) is 5.22. The lowest BCUT2D eigenvalue weighted by atomic mass is 9.98. The Kier molecular flexibility index (Phi) is 5.20. The number of halogens is 1. The van der Waals surface area contributed by atoms with Crippen molar-refractivity contribution >= 4 is 43.4 Å². The molecule has 0 unspecified atom stereocenters. The summed E-state index contributed by atoms with van der Waals surface area (Å²) in [5.41, 5.74) is 6.90. The molecule has 0 atom stereocenters. The summed E-state index contributed by atoms with van der Waals surface area (Å²) in [6.45, 7) is 0. The minimum Gasteiger partial charge on any atom is -0.309 e. The standard InChI is InChI=1S/C30H19BrN2O2/c31-22-16-17-28(33(34)35)26(19-22)24-13-7-15-29-30(24)25-12-4-5-14-27(25)32(29)23-11-6-10-21(18-23)20-8-2-1-3-9-20/h1-19H. The molecule has 5 aromatic carbocycles. The molecule has 0 saturated carbocycles. The second kappa shape index (κ2) is 8.53. The summed E-state index contributed by atoms with van der Waals surface area (Å²) in [5.74, 6) is 0. The van der Waals surface area contributed by atoms with E-state index >= 15 is 0 Å². The number of para-hydroxylation sites is 1. The average Bonchev–Trinajstić information content (AvgIpc) is 3.24. The van der Waals surface area contributed by atoms with Crippen molar-refractivity contribution in [3.63, 3.8) is 0 Å². The number of nitrogens with zero attached hydrogens (tertiary/aromatic N) is 2. The zero-order valence-electron chi connectivity index (χ0n) is 18.6. The zero-order valence-corrected chi connectivity index (χ0v) is 20.1. The molecule has 0 bridgehead atoms. The summed E-state index contributed by atoms with van der Waals surface area (Å²) in [4.78, 5) is 11.6. The number of nitro groups is 1. The van der Waals surface area contributed by atoms with Crippen LogP contribution in [0.5, 0.6) is 0 Å². The van der Waals surface area contributed by atoms with Crippen molar-refractivity contribution in [2.45, 2.75) is 0 Å². The van der Waals surface area contributed by atoms with Crippen LogP contribution in [-0.2, 0) is 0 Å². The second-order valence-electron chi connectivity index (χ2n) is 8.39. The second-order valence-corrected chi connectivity index (χ2v) is 9.30. The van der Waals surface area contributed by atoms with Crippen LogP contribution < -0.4 is 0 Å². The minimum absolute atomic E-state index is 0.0867. The predicted octanol–water partition coefficient (Wildman–Crippen LogP) is 8.79. The first-order valence-corrected chi connectivity index (χ1v) is 12.0. The van der Waals surface area contributed by atoms with Crippen LogP contribution in [0.3, 0.4) is 0 Å². The molecule has 168 valence electrons. The van der Waals surface area contributed by atoms with Gasteiger partial charge in [0.2, 0.25) is 0 Å². The Morgan fingerprint density at radius 1 is 0.657 bits per heavy atom. The third kappa shape index (κ3) is 3.61. The van der Waals surface area contributed by atoms with Crippen LogP contribution in [0.4, 0.5) is 5.69 Å². The van der Waals surface area contributed by atoms with Crippen molar-refractivity contribution in [1.82, 2.24) is 4.57 Å². The molecule has 6 rings (SSSR count). The van der Waals surface area contributed by atoms with Crippen LogP contribution in [-0.4, -0.2) is 9.49 Å². The van der Waals surface area contributed by atoms with E-state index < -0.39 is 0 Å². The van der Waals surface area contributed by atoms with Gasteiger partial charge in [-0.1, -0.05) is 88.7 Å². The van der Waals surface area contributed by atoms with Crippen molar-refractivity contribution in [2.75, 3.05) is 0 Å². The predicted molar refractivity (Wildman–Crippen MR) is 146 cm³/mol. The normalized spacial score (nSPS) is 11.2. The van der Waals surface area contributed by atoms with Gasteiger partial charge < -0.3 is 4.57 Å². The summed E-state index contributed by atoms with van der Waals surface area (Å²) in [6.07, 6.45) is 0. The van der Waals surface area contributed by atoms with E-state index in [0.717, 1.165) is 48.7 Å². The maximum absolute atomic E-state index is 11.9. The maximum Gasteiger partial charge on any atom is 0.277 e. The number of aromatic nitrogens is 1. The Bertz CT molecular complexity index is 1740. The van der Waals surface area contributed by atoms with Gasteiger partial charge in [-0.2, -0.15) is 0 Å². The Labute approximate surface area is 210 Å². The van der Waals surface area contributed by atoms with Gasteiger partial charge in [0.25, 0.3) is 5.69 Å². The van der Waals surface area contributed by atoms with Crippen LogP contribution in [0, 0.1) is 10.1 Å². The highest BCUT2D eigenvalue weighted by Gasteiger charge is 2.21. The first-order chi connectivity index (χ1) is 17.1. The number of benzene rings is 5. The molecule has 0 fully saturated rings. The summed E-state index contributed by atoms with van der Waals surface area (Å²) < 4.78 is 3.04. The van der Waals surface area contributed by atoms with Gasteiger partial charge in [-0.15, -0.1) is 0 Å². The highest BCUT2D eigenvalue weighted by molar-refractivity contribution is 9.10. The van der Waals surface area contributed by atoms with E-state index in [1.165, 1.54) is 0 Å². The van der Waals surface area contributed by atoms with Crippen LogP contribution in [0.2, 0.25) is 0 Å². The van der Waals surface area contributed by atoms with Crippen LogP contribution in [0.1, 0.15) is 0 Å². The third-order valence-corrected chi connectivity index (χ3v) is 6.85. The first-order valence-electron chi connectivity index (χ1n) is 11.2. The number of nitro benzene ring substituents is 1. The molecule has 5 heteroatoms. The van der Waals surface area contributed by atoms with Gasteiger partial charge in [-0.3, -0.25) is 10.1 Å². The lowest BCUT2D eigenvalue weighted by Gasteiger charge is -2.11. The van der Waals surface area contributed by atoms with Gasteiger partial charge in [0, 0.05) is 27.0 Å². The lowest BCUT2D eigenvalue weighted by molar-refractivity contribution is -0.384. The third-order valence-electron chi connectivity index (χ3n) is 6.35. The Morgan fingerprint density at radius 2 is 1.37 bits per heavy atom. The van der Waals surface area contributed by atoms with Crippen molar-refractivity contribution < 1.29 is 4.92 Å². The lowest BCUT2D eigenvalue weighted by Crippen LogP contribution is -1.95. The minimum atomic E-state index is -0.316. The highest BCUT2D eigenvalue weighted by atomic mass is 79.9. The molecular weight excluding hydrogens is 500 g/mol. The van der Waals surface area contributed by atoms with E-state index in [1.807, 2.05) is 48.5 Å². The fourth-order valence-electron chi connectivity index (χ4n) is 4.86. The van der Waals surface area contributed by atoms with E-state index in [2.05, 4.69) is 75.1 Å². The van der Waals surface area contributed by atoms with Gasteiger partial charge >= 0.3 is 0 Å². The van der Waals surface area contributed by atoms with Gasteiger partial charge in [0.15, 0.2) is 0 Å². The van der Waals surface area contributed by atoms with E-state index in [4.69, 9.17) is 0 Å². The van der Waals surface area contributed by atoms with Crippen LogP contribution in [0.25, 0.3) is 49.7 Å². The quantitative estimate of drug-likeness (QED) is 0.173. The molecule has 35 heavy (non-hydrogen) atoms. The van der Waals surface area contributed by atoms with Crippen LogP contribution >= 0.6 is 15.9 Å². The monoisotopic (exact) mass is 518 g/mol. The highest BCUT2D eigenvalue weighted by Crippen LogP contribution is 2.42. The fraction of sp³-hybridized carbons (Fsp3) is 0. The van der Waals surface area contributed by atoms with Gasteiger partial charge in [0.05, 0.1) is 21.5 Å². The smallest absolute Gasteiger partial charge is 0.277 e. The van der Waals surface area contributed by atoms with Gasteiger partial charge in [0.1, 0.15) is 0 Å². The maximum atomic E-state index is 11.9. The summed E-state index contributed by atoms with van der Waals surface area (Å²) in [5, 5.41) is 13.9. The SMILES string of the molecule is O=[N+]([O-])c1ccc(Br)cc1-c1cccc2c1c1ccccc1n2-c1cccc(-c2ccccc2)c1. The Hall–Kier alpha value is -4.22. The molecule has 6 aromatic rings. The zero-order chi connectivity index (χ0) is 23.9. The Morgan fingerprint density at radius 3 is 2.20 bits per heavy atom. The molecule has 0 radical (unpaired) electrons. The summed E-state index contributed by atoms with van der Waals surface area (Å²) in [6, 6.07) is 38.1. The van der Waals surface area contributed by atoms with E-state index in [-0.39, 0.29) is 10.6 Å². The molecule has 0 saturated heterocycles. The van der Waals surface area contributed by atoms with Crippen molar-refractivity contribution in [3.05, 3.63) is 130 Å². The first kappa shape index (κ1) is 21.3. The van der Waals surface area contributed by atoms with Crippen molar-refractivity contribution in [3.8, 4) is 27.9 Å². The summed E-state index contributed by atoms with van der Waals surface area (Å²) in [7, 11) is 0. The molecule has 4 nitrogen and oxygen atoms in total. The molecule has 0 aliphatic rings. The number of hydrogen-bond acceptors (Lipinski definition) is 2. The van der Waals surface area contributed by atoms with Crippen molar-refractivity contribution in [2.24, 2.45) is 0 Å². The molecule has 0 aliphatic heterocycles. The number of hydrogen-bond donors (Lipinski definition) is 0. The van der Waals surface area contributed by atoms with Crippen LogP contribution in [0.15, 0.2) is 120 Å². The van der Waals surface area contributed by atoms with E-state index in [0.29, 0.717) is 5.56 Å². The summed E-state index contributed by atoms with van der Waals surface area (Å²) >= 11 is 3.50. The molecule has 0 spiro atoms. The van der Waals surface area contributed by atoms with E-state index in [9.17, 15) is 10.1 Å². The molecule has 0 aliphatic carbocycles. The van der Waals surface area contributed by atoms with Gasteiger partial charge in [-0.05, 0) is 53.1 Å². The molecule has 0 N–H and O–H groups in total. The Balaban J connectivity index is 1.68. The molecule has 1 heterocycles. The van der Waals surface area contributed by atoms with Gasteiger partial charge in [-0.25, -0.2) is 0 Å². The van der Waals surface area contributed by atoms with E-state index in [1.54, 1.807) is 12.1 Å². The average molecular weight is 519 g/mol. The number of fused-ring (bicyclic) bond motifs is 3. The molecule has 0 amide bonds. The largest absolute Gasteiger partial charge is 0.309 e.